The summed E-state index contributed by atoms with van der Waals surface area (Å²) in [5.41, 5.74) is 0.848. The fourth-order valence-electron chi connectivity index (χ4n) is 2.74. The number of halogens is 2. The van der Waals surface area contributed by atoms with Crippen LogP contribution in [0.4, 0.5) is 8.78 Å². The van der Waals surface area contributed by atoms with Gasteiger partial charge in [-0.15, -0.1) is 11.8 Å². The molecule has 0 aliphatic heterocycles. The Balaban J connectivity index is 2.10. The van der Waals surface area contributed by atoms with Crippen LogP contribution in [0.3, 0.4) is 0 Å². The first-order valence-corrected chi connectivity index (χ1v) is 10.6. The van der Waals surface area contributed by atoms with Crippen molar-refractivity contribution in [3.63, 3.8) is 0 Å². The molecule has 1 N–H and O–H groups in total. The third-order valence-electron chi connectivity index (χ3n) is 4.34. The van der Waals surface area contributed by atoms with Gasteiger partial charge in [0.25, 0.3) is 0 Å². The van der Waals surface area contributed by atoms with Crippen molar-refractivity contribution in [1.82, 2.24) is 10.2 Å². The third kappa shape index (κ3) is 6.85. The average Bonchev–Trinajstić information content (AvgIpc) is 2.67. The van der Waals surface area contributed by atoms with Gasteiger partial charge in [0.05, 0.1) is 5.75 Å². The Kier molecular flexibility index (Phi) is 8.64. The molecular formula is C22H26F2N2O2S. The van der Waals surface area contributed by atoms with Gasteiger partial charge >= 0.3 is 0 Å². The molecule has 0 bridgehead atoms. The van der Waals surface area contributed by atoms with Gasteiger partial charge in [-0.3, -0.25) is 9.59 Å². The van der Waals surface area contributed by atoms with Crippen molar-refractivity contribution in [2.24, 2.45) is 0 Å². The lowest BCUT2D eigenvalue weighted by molar-refractivity contribution is -0.138. The van der Waals surface area contributed by atoms with Gasteiger partial charge < -0.3 is 10.2 Å². The van der Waals surface area contributed by atoms with Gasteiger partial charge in [-0.2, -0.15) is 0 Å². The third-order valence-corrected chi connectivity index (χ3v) is 5.30. The van der Waals surface area contributed by atoms with E-state index in [1.54, 1.807) is 43.3 Å². The van der Waals surface area contributed by atoms with Gasteiger partial charge in [-0.25, -0.2) is 8.78 Å². The number of carbonyl (C=O) groups excluding carboxylic acids is 2. The SMILES string of the molecule is CC(C)NC(=O)[C@H](C)N(Cc1ccccc1F)C(=O)CSCc1ccccc1F. The highest BCUT2D eigenvalue weighted by Crippen LogP contribution is 2.18. The summed E-state index contributed by atoms with van der Waals surface area (Å²) in [7, 11) is 0. The smallest absolute Gasteiger partial charge is 0.242 e. The monoisotopic (exact) mass is 420 g/mol. The fraction of sp³-hybridized carbons (Fsp3) is 0.364. The van der Waals surface area contributed by atoms with E-state index in [4.69, 9.17) is 0 Å². The predicted octanol–water partition coefficient (Wildman–Crippen LogP) is 4.14. The molecule has 0 unspecified atom stereocenters. The number of carbonyl (C=O) groups is 2. The molecule has 1 atom stereocenters. The van der Waals surface area contributed by atoms with Gasteiger partial charge in [-0.1, -0.05) is 36.4 Å². The quantitative estimate of drug-likeness (QED) is 0.663. The van der Waals surface area contributed by atoms with E-state index in [1.165, 1.54) is 28.8 Å². The Labute approximate surface area is 174 Å². The van der Waals surface area contributed by atoms with Crippen molar-refractivity contribution < 1.29 is 18.4 Å². The number of rotatable bonds is 9. The van der Waals surface area contributed by atoms with Crippen LogP contribution in [0.15, 0.2) is 48.5 Å². The zero-order valence-electron chi connectivity index (χ0n) is 16.8. The highest BCUT2D eigenvalue weighted by molar-refractivity contribution is 7.99. The molecule has 29 heavy (non-hydrogen) atoms. The predicted molar refractivity (Wildman–Crippen MR) is 112 cm³/mol. The Morgan fingerprint density at radius 3 is 2.07 bits per heavy atom. The van der Waals surface area contributed by atoms with E-state index in [2.05, 4.69) is 5.32 Å². The Bertz CT molecular complexity index is 845. The maximum atomic E-state index is 14.1. The summed E-state index contributed by atoms with van der Waals surface area (Å²) < 4.78 is 27.9. The van der Waals surface area contributed by atoms with Crippen molar-refractivity contribution in [2.75, 3.05) is 5.75 Å². The first-order valence-electron chi connectivity index (χ1n) is 9.44. The topological polar surface area (TPSA) is 49.4 Å². The van der Waals surface area contributed by atoms with E-state index in [1.807, 2.05) is 13.8 Å². The second-order valence-electron chi connectivity index (χ2n) is 7.04. The molecule has 2 amide bonds. The van der Waals surface area contributed by atoms with E-state index < -0.39 is 11.9 Å². The molecule has 156 valence electrons. The van der Waals surface area contributed by atoms with Crippen molar-refractivity contribution in [3.05, 3.63) is 71.3 Å². The normalized spacial score (nSPS) is 11.9. The number of thioether (sulfide) groups is 1. The molecule has 0 aliphatic rings. The number of amides is 2. The minimum atomic E-state index is -0.765. The minimum absolute atomic E-state index is 0.0154. The van der Waals surface area contributed by atoms with Crippen LogP contribution < -0.4 is 5.32 Å². The van der Waals surface area contributed by atoms with Crippen LogP contribution >= 0.6 is 11.8 Å². The van der Waals surface area contributed by atoms with Crippen molar-refractivity contribution in [2.45, 2.75) is 45.2 Å². The summed E-state index contributed by atoms with van der Waals surface area (Å²) in [6.45, 7) is 5.27. The van der Waals surface area contributed by atoms with Crippen molar-refractivity contribution in [3.8, 4) is 0 Å². The molecule has 2 aromatic carbocycles. The molecule has 2 aromatic rings. The van der Waals surface area contributed by atoms with Crippen LogP contribution in [-0.4, -0.2) is 34.6 Å². The summed E-state index contributed by atoms with van der Waals surface area (Å²) in [6, 6.07) is 11.7. The molecule has 0 saturated carbocycles. The molecule has 4 nitrogen and oxygen atoms in total. The Morgan fingerprint density at radius 2 is 1.52 bits per heavy atom. The second kappa shape index (κ2) is 11.0. The Hall–Kier alpha value is -2.41. The summed E-state index contributed by atoms with van der Waals surface area (Å²) in [5, 5.41) is 2.78. The summed E-state index contributed by atoms with van der Waals surface area (Å²) in [4.78, 5) is 26.7. The van der Waals surface area contributed by atoms with Crippen molar-refractivity contribution >= 4 is 23.6 Å². The first kappa shape index (κ1) is 22.9. The van der Waals surface area contributed by atoms with Gasteiger partial charge in [0.15, 0.2) is 0 Å². The minimum Gasteiger partial charge on any atom is -0.352 e. The lowest BCUT2D eigenvalue weighted by Gasteiger charge is -2.29. The molecule has 0 saturated heterocycles. The van der Waals surface area contributed by atoms with Crippen LogP contribution in [0.5, 0.6) is 0 Å². The van der Waals surface area contributed by atoms with Crippen molar-refractivity contribution in [1.29, 1.82) is 0 Å². The first-order chi connectivity index (χ1) is 13.8. The number of nitrogens with one attached hydrogen (secondary N) is 1. The second-order valence-corrected chi connectivity index (χ2v) is 8.02. The Morgan fingerprint density at radius 1 is 0.966 bits per heavy atom. The van der Waals surface area contributed by atoms with Gasteiger partial charge in [-0.05, 0) is 38.5 Å². The van der Waals surface area contributed by atoms with E-state index in [0.29, 0.717) is 16.9 Å². The molecule has 0 heterocycles. The van der Waals surface area contributed by atoms with Crippen LogP contribution in [0.2, 0.25) is 0 Å². The standard InChI is InChI=1S/C22H26F2N2O2S/c1-15(2)25-22(28)16(3)26(12-17-8-4-6-10-19(17)23)21(27)14-29-13-18-9-5-7-11-20(18)24/h4-11,15-16H,12-14H2,1-3H3,(H,25,28)/t16-/m0/s1. The van der Waals surface area contributed by atoms with Crippen LogP contribution in [0, 0.1) is 11.6 Å². The van der Waals surface area contributed by atoms with Gasteiger partial charge in [0, 0.05) is 23.9 Å². The van der Waals surface area contributed by atoms with E-state index in [9.17, 15) is 18.4 Å². The maximum absolute atomic E-state index is 14.1. The van der Waals surface area contributed by atoms with Crippen LogP contribution in [0.1, 0.15) is 31.9 Å². The summed E-state index contributed by atoms with van der Waals surface area (Å²) in [6.07, 6.45) is 0. The zero-order valence-corrected chi connectivity index (χ0v) is 17.6. The molecular weight excluding hydrogens is 394 g/mol. The van der Waals surface area contributed by atoms with E-state index >= 15 is 0 Å². The average molecular weight is 421 g/mol. The molecule has 2 rings (SSSR count). The molecule has 0 spiro atoms. The van der Waals surface area contributed by atoms with E-state index in [-0.39, 0.29) is 36.0 Å². The lowest BCUT2D eigenvalue weighted by Crippen LogP contribution is -2.49. The number of hydrogen-bond acceptors (Lipinski definition) is 3. The van der Waals surface area contributed by atoms with Crippen LogP contribution in [0.25, 0.3) is 0 Å². The maximum Gasteiger partial charge on any atom is 0.242 e. The number of benzene rings is 2. The highest BCUT2D eigenvalue weighted by atomic mass is 32.2. The lowest BCUT2D eigenvalue weighted by atomic mass is 10.1. The number of nitrogens with zero attached hydrogens (tertiary/aromatic N) is 1. The molecule has 0 aromatic heterocycles. The molecule has 0 aliphatic carbocycles. The van der Waals surface area contributed by atoms with E-state index in [0.717, 1.165) is 0 Å². The molecule has 7 heteroatoms. The zero-order chi connectivity index (χ0) is 21.4. The fourth-order valence-corrected chi connectivity index (χ4v) is 3.64. The van der Waals surface area contributed by atoms with Crippen LogP contribution in [-0.2, 0) is 21.9 Å². The molecule has 0 fully saturated rings. The highest BCUT2D eigenvalue weighted by Gasteiger charge is 2.27. The van der Waals surface area contributed by atoms with Gasteiger partial charge in [0.1, 0.15) is 17.7 Å². The molecule has 0 radical (unpaired) electrons. The van der Waals surface area contributed by atoms with Gasteiger partial charge in [0.2, 0.25) is 11.8 Å². The summed E-state index contributed by atoms with van der Waals surface area (Å²) in [5.74, 6) is -0.966. The number of hydrogen-bond donors (Lipinski definition) is 1. The summed E-state index contributed by atoms with van der Waals surface area (Å²) >= 11 is 1.26. The largest absolute Gasteiger partial charge is 0.352 e.